The molecule has 0 radical (unpaired) electrons. The van der Waals surface area contributed by atoms with Crippen molar-refractivity contribution in [3.05, 3.63) is 105 Å². The summed E-state index contributed by atoms with van der Waals surface area (Å²) in [6, 6.07) is 20.8. The third-order valence-electron chi connectivity index (χ3n) is 9.39. The molecular weight excluding hydrogens is 613 g/mol. The molecule has 4 saturated carbocycles. The van der Waals surface area contributed by atoms with E-state index in [1.807, 2.05) is 30.3 Å². The highest BCUT2D eigenvalue weighted by atomic mass is 35.5. The molecule has 8 nitrogen and oxygen atoms in total. The predicted octanol–water partition coefficient (Wildman–Crippen LogP) is 8.19. The van der Waals surface area contributed by atoms with Crippen LogP contribution in [0.25, 0.3) is 11.4 Å². The standard InChI is InChI=1S/C35H33Cl2N3O5/c36-27-10-5-11-28(37)30(27)32-39-29(20-45-35-16-22-12-23(17-35)14-24(13-22)18-35)31(40(32)43)33(41)38-26-9-4-8-25(15-26)34(42)44-19-21-6-2-1-3-7-21/h1-11,15,22-24,43H,12-14,16-20H2,(H,38,41). The first-order chi connectivity index (χ1) is 21.8. The molecule has 10 heteroatoms. The van der Waals surface area contributed by atoms with E-state index in [-0.39, 0.29) is 51.6 Å². The molecule has 0 saturated heterocycles. The van der Waals surface area contributed by atoms with E-state index in [4.69, 9.17) is 32.7 Å². The SMILES string of the molecule is O=C(OCc1ccccc1)c1cccc(NC(=O)c2c(COC34CC5CC(CC(C5)C3)C4)nc(-c3c(Cl)cccc3Cl)n2O)c1. The zero-order valence-electron chi connectivity index (χ0n) is 24.5. The first kappa shape index (κ1) is 29.8. The van der Waals surface area contributed by atoms with Crippen LogP contribution in [0, 0.1) is 17.8 Å². The molecule has 2 N–H and O–H groups in total. The van der Waals surface area contributed by atoms with Crippen molar-refractivity contribution in [2.45, 2.75) is 57.3 Å². The number of rotatable bonds is 9. The first-order valence-electron chi connectivity index (χ1n) is 15.3. The topological polar surface area (TPSA) is 103 Å². The van der Waals surface area contributed by atoms with Gasteiger partial charge in [-0.2, -0.15) is 4.73 Å². The lowest BCUT2D eigenvalue weighted by Gasteiger charge is -2.56. The van der Waals surface area contributed by atoms with E-state index in [0.29, 0.717) is 29.0 Å². The maximum atomic E-state index is 13.8. The van der Waals surface area contributed by atoms with Crippen molar-refractivity contribution in [1.29, 1.82) is 0 Å². The summed E-state index contributed by atoms with van der Waals surface area (Å²) in [7, 11) is 0. The van der Waals surface area contributed by atoms with Crippen molar-refractivity contribution in [2.75, 3.05) is 5.32 Å². The average molecular weight is 647 g/mol. The predicted molar refractivity (Wildman–Crippen MR) is 171 cm³/mol. The number of esters is 1. The van der Waals surface area contributed by atoms with Gasteiger partial charge in [-0.25, -0.2) is 9.78 Å². The molecule has 0 aliphatic heterocycles. The fourth-order valence-corrected chi connectivity index (χ4v) is 8.37. The average Bonchev–Trinajstić information content (AvgIpc) is 3.34. The number of ether oxygens (including phenoxy) is 2. The Labute approximate surface area is 271 Å². The zero-order valence-corrected chi connectivity index (χ0v) is 26.1. The van der Waals surface area contributed by atoms with Crippen molar-refractivity contribution in [3.63, 3.8) is 0 Å². The van der Waals surface area contributed by atoms with E-state index in [9.17, 15) is 14.8 Å². The van der Waals surface area contributed by atoms with Gasteiger partial charge in [0.1, 0.15) is 12.3 Å². The molecule has 1 amide bonds. The van der Waals surface area contributed by atoms with E-state index in [1.165, 1.54) is 25.3 Å². The molecule has 0 atom stereocenters. The van der Waals surface area contributed by atoms with Gasteiger partial charge >= 0.3 is 5.97 Å². The Morgan fingerprint density at radius 2 is 1.53 bits per heavy atom. The first-order valence-corrected chi connectivity index (χ1v) is 16.0. The highest BCUT2D eigenvalue weighted by Gasteiger charge is 2.51. The molecule has 4 aromatic rings. The molecule has 0 spiro atoms. The fourth-order valence-electron chi connectivity index (χ4n) is 7.81. The molecule has 4 fully saturated rings. The lowest BCUT2D eigenvalue weighted by Crippen LogP contribution is -2.51. The van der Waals surface area contributed by atoms with Gasteiger partial charge in [-0.05, 0) is 92.2 Å². The Morgan fingerprint density at radius 1 is 0.889 bits per heavy atom. The number of imidazole rings is 1. The molecule has 45 heavy (non-hydrogen) atoms. The number of halogens is 2. The lowest BCUT2D eigenvalue weighted by atomic mass is 9.54. The molecular formula is C35H33Cl2N3O5. The maximum absolute atomic E-state index is 13.8. The van der Waals surface area contributed by atoms with Gasteiger partial charge in [0, 0.05) is 5.69 Å². The Bertz CT molecular complexity index is 1700. The van der Waals surface area contributed by atoms with Gasteiger partial charge < -0.3 is 20.0 Å². The van der Waals surface area contributed by atoms with Gasteiger partial charge in [-0.3, -0.25) is 4.79 Å². The summed E-state index contributed by atoms with van der Waals surface area (Å²) in [4.78, 5) is 31.3. The van der Waals surface area contributed by atoms with Crippen molar-refractivity contribution >= 4 is 40.8 Å². The second-order valence-corrected chi connectivity index (χ2v) is 13.4. The summed E-state index contributed by atoms with van der Waals surface area (Å²) in [6.45, 7) is 0.170. The van der Waals surface area contributed by atoms with E-state index >= 15 is 0 Å². The molecule has 4 bridgehead atoms. The summed E-state index contributed by atoms with van der Waals surface area (Å²) < 4.78 is 12.8. The number of hydrogen-bond donors (Lipinski definition) is 2. The molecule has 0 unspecified atom stereocenters. The van der Waals surface area contributed by atoms with Crippen LogP contribution in [0.4, 0.5) is 5.69 Å². The second-order valence-electron chi connectivity index (χ2n) is 12.6. The number of nitrogens with one attached hydrogen (secondary N) is 1. The van der Waals surface area contributed by atoms with Gasteiger partial charge in [-0.15, -0.1) is 0 Å². The van der Waals surface area contributed by atoms with Gasteiger partial charge in [0.25, 0.3) is 5.91 Å². The Balaban J connectivity index is 1.15. The van der Waals surface area contributed by atoms with Crippen LogP contribution < -0.4 is 5.32 Å². The number of hydrogen-bond acceptors (Lipinski definition) is 6. The smallest absolute Gasteiger partial charge is 0.338 e. The van der Waals surface area contributed by atoms with Crippen molar-refractivity contribution in [3.8, 4) is 11.4 Å². The number of anilines is 1. The molecule has 4 aliphatic rings. The quantitative estimate of drug-likeness (QED) is 0.140. The van der Waals surface area contributed by atoms with Crippen molar-refractivity contribution < 1.29 is 24.3 Å². The Kier molecular flexibility index (Phi) is 8.06. The minimum absolute atomic E-state index is 0.0399. The van der Waals surface area contributed by atoms with E-state index in [2.05, 4.69) is 10.3 Å². The van der Waals surface area contributed by atoms with E-state index in [1.54, 1.807) is 36.4 Å². The number of carbonyl (C=O) groups is 2. The largest absolute Gasteiger partial charge is 0.457 e. The summed E-state index contributed by atoms with van der Waals surface area (Å²) in [5.74, 6) is 0.926. The molecule has 1 aromatic heterocycles. The highest BCUT2D eigenvalue weighted by Crippen LogP contribution is 2.57. The van der Waals surface area contributed by atoms with Crippen LogP contribution in [0.5, 0.6) is 0 Å². The van der Waals surface area contributed by atoms with Gasteiger partial charge in [0.2, 0.25) is 0 Å². The monoisotopic (exact) mass is 645 g/mol. The van der Waals surface area contributed by atoms with Crippen molar-refractivity contribution in [1.82, 2.24) is 9.71 Å². The summed E-state index contributed by atoms with van der Waals surface area (Å²) >= 11 is 13.0. The molecule has 4 aliphatic carbocycles. The van der Waals surface area contributed by atoms with Gasteiger partial charge in [-0.1, -0.05) is 65.7 Å². The highest BCUT2D eigenvalue weighted by molar-refractivity contribution is 6.39. The minimum Gasteiger partial charge on any atom is -0.457 e. The van der Waals surface area contributed by atoms with Crippen LogP contribution in [0.3, 0.4) is 0 Å². The summed E-state index contributed by atoms with van der Waals surface area (Å²) in [6.07, 6.45) is 6.85. The normalized spacial score (nSPS) is 23.2. The fraction of sp³-hybridized carbons (Fsp3) is 0.343. The van der Waals surface area contributed by atoms with Crippen LogP contribution in [0.2, 0.25) is 10.0 Å². The van der Waals surface area contributed by atoms with Crippen LogP contribution >= 0.6 is 23.2 Å². The maximum Gasteiger partial charge on any atom is 0.338 e. The van der Waals surface area contributed by atoms with Crippen LogP contribution in [-0.4, -0.2) is 32.4 Å². The lowest BCUT2D eigenvalue weighted by molar-refractivity contribution is -0.169. The molecule has 232 valence electrons. The number of aromatic nitrogens is 2. The molecule has 8 rings (SSSR count). The third kappa shape index (κ3) is 6.07. The third-order valence-corrected chi connectivity index (χ3v) is 10.0. The minimum atomic E-state index is -0.627. The molecule has 3 aromatic carbocycles. The summed E-state index contributed by atoms with van der Waals surface area (Å²) in [5.41, 5.74) is 1.73. The van der Waals surface area contributed by atoms with Gasteiger partial charge in [0.15, 0.2) is 11.5 Å². The second kappa shape index (κ2) is 12.2. The number of carbonyl (C=O) groups excluding carboxylic acids is 2. The van der Waals surface area contributed by atoms with Crippen LogP contribution in [0.15, 0.2) is 72.8 Å². The number of benzene rings is 3. The number of nitrogens with zero attached hydrogens (tertiary/aromatic N) is 2. The summed E-state index contributed by atoms with van der Waals surface area (Å²) in [5, 5.41) is 14.8. The van der Waals surface area contributed by atoms with Crippen molar-refractivity contribution in [2.24, 2.45) is 17.8 Å². The van der Waals surface area contributed by atoms with E-state index in [0.717, 1.165) is 29.6 Å². The zero-order chi connectivity index (χ0) is 31.1. The van der Waals surface area contributed by atoms with E-state index < -0.39 is 11.9 Å². The van der Waals surface area contributed by atoms with Crippen LogP contribution in [0.1, 0.15) is 70.6 Å². The molecule has 1 heterocycles. The van der Waals surface area contributed by atoms with Crippen LogP contribution in [-0.2, 0) is 22.7 Å². The Hall–Kier alpha value is -3.85. The number of amides is 1. The van der Waals surface area contributed by atoms with Gasteiger partial charge in [0.05, 0.1) is 33.4 Å². The Morgan fingerprint density at radius 3 is 2.20 bits per heavy atom.